The molecule has 7 nitrogen and oxygen atoms in total. The van der Waals surface area contributed by atoms with Crippen LogP contribution in [-0.2, 0) is 19.4 Å². The second-order valence-corrected chi connectivity index (χ2v) is 14.3. The van der Waals surface area contributed by atoms with Crippen LogP contribution in [0.5, 0.6) is 0 Å². The maximum Gasteiger partial charge on any atom is 0.304 e. The van der Waals surface area contributed by atoms with Crippen LogP contribution < -0.4 is 5.73 Å². The highest BCUT2D eigenvalue weighted by atomic mass is 35.5. The average molecular weight is 575 g/mol. The molecule has 4 rings (SSSR count). The summed E-state index contributed by atoms with van der Waals surface area (Å²) in [6.07, 6.45) is 2.63. The van der Waals surface area contributed by atoms with Gasteiger partial charge in [-0.15, -0.1) is 0 Å². The number of nitrogens with zero attached hydrogens (tertiary/aromatic N) is 1. The number of piperidine rings is 1. The molecular formula is C30H39ClN2O5S. The van der Waals surface area contributed by atoms with E-state index in [2.05, 4.69) is 0 Å². The number of hydrogen-bond donors (Lipinski definition) is 2. The molecule has 1 heterocycles. The Bertz CT molecular complexity index is 1310. The number of halogens is 1. The third-order valence-electron chi connectivity index (χ3n) is 8.54. The Morgan fingerprint density at radius 1 is 1.13 bits per heavy atom. The van der Waals surface area contributed by atoms with Crippen LogP contribution in [0.15, 0.2) is 48.5 Å². The number of carboxylic acids is 1. The summed E-state index contributed by atoms with van der Waals surface area (Å²) in [5.74, 6) is -1.75. The molecule has 39 heavy (non-hydrogen) atoms. The number of amides is 1. The fourth-order valence-electron chi connectivity index (χ4n) is 6.39. The first-order chi connectivity index (χ1) is 18.4. The minimum atomic E-state index is -3.51. The fourth-order valence-corrected chi connectivity index (χ4v) is 8.72. The molecule has 4 atom stereocenters. The minimum Gasteiger partial charge on any atom is -0.481 e. The van der Waals surface area contributed by atoms with E-state index in [9.17, 15) is 23.1 Å². The summed E-state index contributed by atoms with van der Waals surface area (Å²) in [4.78, 5) is 28.2. The number of nitrogen functional groups attached to an aromatic ring is 1. The topological polar surface area (TPSA) is 118 Å². The van der Waals surface area contributed by atoms with Crippen LogP contribution in [0.1, 0.15) is 82.4 Å². The third-order valence-corrected chi connectivity index (χ3v) is 11.3. The van der Waals surface area contributed by atoms with E-state index in [0.717, 1.165) is 24.0 Å². The molecule has 1 saturated carbocycles. The number of carbonyl (C=O) groups is 2. The third kappa shape index (κ3) is 6.27. The Balaban J connectivity index is 1.92. The van der Waals surface area contributed by atoms with Crippen molar-refractivity contribution in [1.82, 2.24) is 4.90 Å². The lowest BCUT2D eigenvalue weighted by atomic mass is 9.67. The lowest BCUT2D eigenvalue weighted by Crippen LogP contribution is -2.58. The summed E-state index contributed by atoms with van der Waals surface area (Å²) in [7, 11) is -3.51. The smallest absolute Gasteiger partial charge is 0.304 e. The van der Waals surface area contributed by atoms with Crippen molar-refractivity contribution in [2.24, 2.45) is 11.3 Å². The number of carboxylic acid groups (broad SMARTS) is 1. The molecule has 212 valence electrons. The predicted molar refractivity (Wildman–Crippen MR) is 154 cm³/mol. The first-order valence-corrected chi connectivity index (χ1v) is 15.9. The van der Waals surface area contributed by atoms with Crippen LogP contribution in [0.25, 0.3) is 0 Å². The maximum absolute atomic E-state index is 14.5. The molecule has 1 unspecified atom stereocenters. The highest BCUT2D eigenvalue weighted by Crippen LogP contribution is 2.54. The summed E-state index contributed by atoms with van der Waals surface area (Å²) in [6.45, 7) is 5.45. The van der Waals surface area contributed by atoms with Crippen molar-refractivity contribution in [3.05, 3.63) is 64.7 Å². The molecule has 1 aliphatic carbocycles. The lowest BCUT2D eigenvalue weighted by Gasteiger charge is -2.52. The van der Waals surface area contributed by atoms with Gasteiger partial charge >= 0.3 is 5.97 Å². The van der Waals surface area contributed by atoms with Gasteiger partial charge in [0.2, 0.25) is 5.91 Å². The Labute approximate surface area is 236 Å². The first kappa shape index (κ1) is 29.4. The molecule has 1 saturated heterocycles. The largest absolute Gasteiger partial charge is 0.481 e. The molecule has 0 aromatic heterocycles. The van der Waals surface area contributed by atoms with E-state index in [1.165, 1.54) is 0 Å². The summed E-state index contributed by atoms with van der Waals surface area (Å²) in [6, 6.07) is 13.7. The van der Waals surface area contributed by atoms with Crippen LogP contribution in [0.3, 0.4) is 0 Å². The van der Waals surface area contributed by atoms with Gasteiger partial charge in [0.05, 0.1) is 28.9 Å². The molecule has 2 aliphatic rings. The van der Waals surface area contributed by atoms with Gasteiger partial charge in [0, 0.05) is 22.7 Å². The highest BCUT2D eigenvalue weighted by molar-refractivity contribution is 7.92. The van der Waals surface area contributed by atoms with Gasteiger partial charge < -0.3 is 15.7 Å². The predicted octanol–water partition coefficient (Wildman–Crippen LogP) is 5.84. The summed E-state index contributed by atoms with van der Waals surface area (Å²) >= 11 is 6.23. The standard InChI is InChI=1S/C30H39ClN2O5S/c1-4-24(5-2)39(37,38)18-26(19-9-10-19)33-28(20-11-13-22(31)14-12-20)25(21-7-6-8-23(32)15-21)16-30(3,29(33)36)17-27(34)35/h6-8,11-15,19,24-26,28H,4-5,9-10,16-18,32H2,1-3H3,(H,34,35)/t25-,26?,28-,30-/m1/s1. The van der Waals surface area contributed by atoms with E-state index < -0.39 is 38.6 Å². The van der Waals surface area contributed by atoms with Crippen molar-refractivity contribution in [1.29, 1.82) is 0 Å². The van der Waals surface area contributed by atoms with Gasteiger partial charge in [-0.05, 0) is 73.4 Å². The van der Waals surface area contributed by atoms with Crippen molar-refractivity contribution in [2.45, 2.75) is 82.5 Å². The van der Waals surface area contributed by atoms with Crippen molar-refractivity contribution in [2.75, 3.05) is 11.5 Å². The number of likely N-dealkylation sites (tertiary alicyclic amines) is 1. The number of rotatable bonds is 11. The van der Waals surface area contributed by atoms with Gasteiger partial charge in [0.25, 0.3) is 0 Å². The molecule has 2 aromatic rings. The molecule has 2 fully saturated rings. The number of benzene rings is 2. The van der Waals surface area contributed by atoms with E-state index in [1.54, 1.807) is 30.0 Å². The zero-order chi connectivity index (χ0) is 28.5. The monoisotopic (exact) mass is 574 g/mol. The van der Waals surface area contributed by atoms with Crippen LogP contribution >= 0.6 is 11.6 Å². The van der Waals surface area contributed by atoms with E-state index in [1.807, 2.05) is 44.2 Å². The Morgan fingerprint density at radius 2 is 1.77 bits per heavy atom. The number of anilines is 1. The zero-order valence-electron chi connectivity index (χ0n) is 22.8. The zero-order valence-corrected chi connectivity index (χ0v) is 24.4. The van der Waals surface area contributed by atoms with Gasteiger partial charge in [-0.2, -0.15) is 0 Å². The van der Waals surface area contributed by atoms with Crippen molar-refractivity contribution >= 4 is 39.0 Å². The van der Waals surface area contributed by atoms with Gasteiger partial charge in [-0.1, -0.05) is 56.6 Å². The molecule has 1 aliphatic heterocycles. The fraction of sp³-hybridized carbons (Fsp3) is 0.533. The summed E-state index contributed by atoms with van der Waals surface area (Å²) in [5.41, 5.74) is 7.26. The second-order valence-electron chi connectivity index (χ2n) is 11.5. The molecule has 9 heteroatoms. The van der Waals surface area contributed by atoms with Crippen LogP contribution in [0.2, 0.25) is 5.02 Å². The molecular weight excluding hydrogens is 536 g/mol. The second kappa shape index (κ2) is 11.5. The van der Waals surface area contributed by atoms with E-state index in [4.69, 9.17) is 17.3 Å². The van der Waals surface area contributed by atoms with E-state index in [0.29, 0.717) is 30.0 Å². The van der Waals surface area contributed by atoms with Crippen LogP contribution in [-0.4, -0.2) is 47.3 Å². The Hall–Kier alpha value is -2.58. The van der Waals surface area contributed by atoms with Crippen molar-refractivity contribution in [3.8, 4) is 0 Å². The van der Waals surface area contributed by atoms with Crippen molar-refractivity contribution in [3.63, 3.8) is 0 Å². The minimum absolute atomic E-state index is 0.0431. The summed E-state index contributed by atoms with van der Waals surface area (Å²) < 4.78 is 27.3. The first-order valence-electron chi connectivity index (χ1n) is 13.8. The quantitative estimate of drug-likeness (QED) is 0.325. The molecule has 0 radical (unpaired) electrons. The average Bonchev–Trinajstić information content (AvgIpc) is 3.70. The van der Waals surface area contributed by atoms with Gasteiger partial charge in [0.15, 0.2) is 9.84 Å². The number of aliphatic carboxylic acids is 1. The normalized spacial score (nSPS) is 24.6. The van der Waals surface area contributed by atoms with Gasteiger partial charge in [-0.25, -0.2) is 8.42 Å². The van der Waals surface area contributed by atoms with Crippen LogP contribution in [0, 0.1) is 11.3 Å². The molecule has 3 N–H and O–H groups in total. The van der Waals surface area contributed by atoms with E-state index in [-0.39, 0.29) is 29.9 Å². The maximum atomic E-state index is 14.5. The number of nitrogens with two attached hydrogens (primary N) is 1. The van der Waals surface area contributed by atoms with E-state index >= 15 is 0 Å². The molecule has 1 amide bonds. The lowest BCUT2D eigenvalue weighted by molar-refractivity contribution is -0.160. The SMILES string of the molecule is CCC(CC)S(=O)(=O)CC(C1CC1)N1C(=O)[C@@](C)(CC(=O)O)C[C@H](c2cccc(N)c2)[C@H]1c1ccc(Cl)cc1. The number of hydrogen-bond acceptors (Lipinski definition) is 5. The van der Waals surface area contributed by atoms with Crippen molar-refractivity contribution < 1.29 is 23.1 Å². The summed E-state index contributed by atoms with van der Waals surface area (Å²) in [5, 5.41) is 9.90. The molecule has 0 spiro atoms. The highest BCUT2D eigenvalue weighted by Gasteiger charge is 2.55. The number of carbonyl (C=O) groups excluding carboxylic acids is 1. The molecule has 0 bridgehead atoms. The van der Waals surface area contributed by atoms with Crippen LogP contribution in [0.4, 0.5) is 5.69 Å². The Kier molecular flexibility index (Phi) is 8.67. The van der Waals surface area contributed by atoms with Gasteiger partial charge in [-0.3, -0.25) is 9.59 Å². The van der Waals surface area contributed by atoms with Gasteiger partial charge in [0.1, 0.15) is 0 Å². The molecule has 2 aromatic carbocycles. The Morgan fingerprint density at radius 3 is 2.31 bits per heavy atom. The number of sulfone groups is 1.